The number of hydrogen-bond donors (Lipinski definition) is 2. The van der Waals surface area contributed by atoms with E-state index < -0.39 is 5.54 Å². The van der Waals surface area contributed by atoms with Crippen LogP contribution in [0.25, 0.3) is 0 Å². The maximum absolute atomic E-state index is 13.0. The molecule has 3 aliphatic rings. The summed E-state index contributed by atoms with van der Waals surface area (Å²) < 4.78 is 6.20. The number of nitrogens with two attached hydrogens (primary N) is 1. The molecule has 0 spiro atoms. The van der Waals surface area contributed by atoms with E-state index in [-0.39, 0.29) is 41.3 Å². The number of para-hydroxylation sites is 1. The summed E-state index contributed by atoms with van der Waals surface area (Å²) in [4.78, 5) is 31.4. The Kier molecular flexibility index (Phi) is 5.03. The van der Waals surface area contributed by atoms with E-state index in [2.05, 4.69) is 24.2 Å². The van der Waals surface area contributed by atoms with E-state index >= 15 is 0 Å². The fraction of sp³-hybridized carbons (Fsp3) is 0.609. The number of benzene rings is 1. The highest BCUT2D eigenvalue weighted by Crippen LogP contribution is 2.44. The molecule has 0 saturated heterocycles. The van der Waals surface area contributed by atoms with Crippen LogP contribution in [0.1, 0.15) is 65.0 Å². The summed E-state index contributed by atoms with van der Waals surface area (Å²) in [5, 5.41) is 3.25. The lowest BCUT2D eigenvalue weighted by Gasteiger charge is -2.39. The van der Waals surface area contributed by atoms with Crippen LogP contribution in [0.3, 0.4) is 0 Å². The van der Waals surface area contributed by atoms with Crippen molar-refractivity contribution in [2.75, 3.05) is 6.54 Å². The molecule has 30 heavy (non-hydrogen) atoms. The van der Waals surface area contributed by atoms with Gasteiger partial charge in [0.1, 0.15) is 11.4 Å². The average molecular weight is 413 g/mol. The van der Waals surface area contributed by atoms with E-state index in [1.165, 1.54) is 0 Å². The van der Waals surface area contributed by atoms with Gasteiger partial charge in [0.15, 0.2) is 5.96 Å². The van der Waals surface area contributed by atoms with Crippen LogP contribution in [0, 0.1) is 11.8 Å². The van der Waals surface area contributed by atoms with Crippen molar-refractivity contribution in [2.24, 2.45) is 22.6 Å². The van der Waals surface area contributed by atoms with Crippen LogP contribution in [0.4, 0.5) is 0 Å². The first-order valence-corrected chi connectivity index (χ1v) is 10.8. The van der Waals surface area contributed by atoms with Crippen LogP contribution in [0.2, 0.25) is 0 Å². The summed E-state index contributed by atoms with van der Waals surface area (Å²) in [7, 11) is 0. The average Bonchev–Trinajstić information content (AvgIpc) is 3.43. The summed E-state index contributed by atoms with van der Waals surface area (Å²) in [6.07, 6.45) is 2.71. The molecule has 7 heteroatoms. The number of carbonyl (C=O) groups excluding carboxylic acids is 2. The standard InChI is InChI=1S/C23H32N4O3/c1-5-23(4)11-17(15-8-6-7-9-18(15)30-23)25-20(29)16-10-14(16)13-27-19(28)12-22(2,3)26-21(27)24/h6-9,14,16-17H,5,10-13H2,1-4H3,(H2,24,26)(H,25,29). The molecule has 0 bridgehead atoms. The fourth-order valence-electron chi connectivity index (χ4n) is 4.54. The van der Waals surface area contributed by atoms with Gasteiger partial charge in [-0.3, -0.25) is 14.5 Å². The number of fused-ring (bicyclic) bond motifs is 1. The Morgan fingerprint density at radius 2 is 2.07 bits per heavy atom. The lowest BCUT2D eigenvalue weighted by Crippen LogP contribution is -2.50. The van der Waals surface area contributed by atoms with Gasteiger partial charge in [-0.15, -0.1) is 0 Å². The molecule has 2 aliphatic heterocycles. The highest BCUT2D eigenvalue weighted by atomic mass is 16.5. The molecule has 3 N–H and O–H groups in total. The SMILES string of the molecule is CCC1(C)CC(NC(=O)C2CC2CN2C(=O)CC(C)(C)N=C2N)c2ccccc2O1. The minimum atomic E-state index is -0.458. The van der Waals surface area contributed by atoms with E-state index in [9.17, 15) is 9.59 Å². The van der Waals surface area contributed by atoms with Gasteiger partial charge >= 0.3 is 0 Å². The minimum Gasteiger partial charge on any atom is -0.487 e. The Labute approximate surface area is 178 Å². The summed E-state index contributed by atoms with van der Waals surface area (Å²) in [5.41, 5.74) is 6.30. The Morgan fingerprint density at radius 1 is 1.33 bits per heavy atom. The molecule has 1 aromatic rings. The van der Waals surface area contributed by atoms with E-state index in [4.69, 9.17) is 10.5 Å². The van der Waals surface area contributed by atoms with Gasteiger partial charge in [0, 0.05) is 24.4 Å². The largest absolute Gasteiger partial charge is 0.487 e. The molecule has 4 atom stereocenters. The van der Waals surface area contributed by atoms with E-state index in [0.29, 0.717) is 13.0 Å². The third kappa shape index (κ3) is 4.02. The van der Waals surface area contributed by atoms with Crippen LogP contribution in [-0.4, -0.2) is 40.4 Å². The predicted octanol–water partition coefficient (Wildman–Crippen LogP) is 2.76. The topological polar surface area (TPSA) is 97.0 Å². The van der Waals surface area contributed by atoms with Crippen molar-refractivity contribution in [3.63, 3.8) is 0 Å². The fourth-order valence-corrected chi connectivity index (χ4v) is 4.54. The highest BCUT2D eigenvalue weighted by Gasteiger charge is 2.47. The Morgan fingerprint density at radius 3 is 2.77 bits per heavy atom. The molecule has 1 aliphatic carbocycles. The Balaban J connectivity index is 1.41. The summed E-state index contributed by atoms with van der Waals surface area (Å²) >= 11 is 0. The molecule has 0 aromatic heterocycles. The second kappa shape index (κ2) is 7.29. The monoisotopic (exact) mass is 412 g/mol. The molecule has 1 fully saturated rings. The maximum Gasteiger partial charge on any atom is 0.231 e. The first-order chi connectivity index (χ1) is 14.1. The maximum atomic E-state index is 13.0. The van der Waals surface area contributed by atoms with Gasteiger partial charge in [0.2, 0.25) is 11.8 Å². The molecule has 1 aromatic carbocycles. The Hall–Kier alpha value is -2.57. The van der Waals surface area contributed by atoms with Crippen LogP contribution in [-0.2, 0) is 9.59 Å². The first kappa shape index (κ1) is 20.7. The molecular weight excluding hydrogens is 380 g/mol. The van der Waals surface area contributed by atoms with Gasteiger partial charge in [-0.1, -0.05) is 25.1 Å². The zero-order chi connectivity index (χ0) is 21.7. The molecule has 2 heterocycles. The molecule has 2 amide bonds. The third-order valence-electron chi connectivity index (χ3n) is 6.61. The normalized spacial score (nSPS) is 32.0. The van der Waals surface area contributed by atoms with Crippen LogP contribution in [0.15, 0.2) is 29.3 Å². The van der Waals surface area contributed by atoms with E-state index in [1.54, 1.807) is 4.90 Å². The molecule has 4 unspecified atom stereocenters. The van der Waals surface area contributed by atoms with Crippen molar-refractivity contribution in [2.45, 2.75) is 70.6 Å². The van der Waals surface area contributed by atoms with Crippen LogP contribution < -0.4 is 15.8 Å². The van der Waals surface area contributed by atoms with Gasteiger partial charge in [-0.05, 0) is 45.6 Å². The quantitative estimate of drug-likeness (QED) is 0.777. The molecule has 7 nitrogen and oxygen atoms in total. The summed E-state index contributed by atoms with van der Waals surface area (Å²) in [6.45, 7) is 8.45. The first-order valence-electron chi connectivity index (χ1n) is 10.8. The molecule has 0 radical (unpaired) electrons. The van der Waals surface area contributed by atoms with Crippen molar-refractivity contribution in [1.29, 1.82) is 0 Å². The number of hydrogen-bond acceptors (Lipinski definition) is 5. The third-order valence-corrected chi connectivity index (χ3v) is 6.61. The van der Waals surface area contributed by atoms with Crippen molar-refractivity contribution < 1.29 is 14.3 Å². The number of guanidine groups is 1. The minimum absolute atomic E-state index is 0.0179. The number of rotatable bonds is 5. The van der Waals surface area contributed by atoms with E-state index in [1.807, 2.05) is 38.1 Å². The van der Waals surface area contributed by atoms with Gasteiger partial charge in [-0.25, -0.2) is 4.99 Å². The molecular formula is C23H32N4O3. The zero-order valence-corrected chi connectivity index (χ0v) is 18.3. The zero-order valence-electron chi connectivity index (χ0n) is 18.3. The summed E-state index contributed by atoms with van der Waals surface area (Å²) in [6, 6.07) is 7.84. The lowest BCUT2D eigenvalue weighted by molar-refractivity contribution is -0.130. The highest BCUT2D eigenvalue weighted by molar-refractivity contribution is 5.99. The van der Waals surface area contributed by atoms with Crippen LogP contribution >= 0.6 is 0 Å². The van der Waals surface area contributed by atoms with E-state index in [0.717, 1.165) is 30.6 Å². The second-order valence-corrected chi connectivity index (χ2v) is 9.77. The lowest BCUT2D eigenvalue weighted by atomic mass is 9.86. The van der Waals surface area contributed by atoms with Gasteiger partial charge in [0.25, 0.3) is 0 Å². The second-order valence-electron chi connectivity index (χ2n) is 9.77. The van der Waals surface area contributed by atoms with Crippen molar-refractivity contribution in [3.8, 4) is 5.75 Å². The number of ether oxygens (including phenoxy) is 1. The molecule has 162 valence electrons. The Bertz CT molecular complexity index is 896. The number of aliphatic imine (C=N–C) groups is 1. The van der Waals surface area contributed by atoms with Gasteiger partial charge in [-0.2, -0.15) is 0 Å². The summed E-state index contributed by atoms with van der Waals surface area (Å²) in [5.74, 6) is 1.16. The number of amides is 2. The molecule has 4 rings (SSSR count). The number of nitrogens with one attached hydrogen (secondary N) is 1. The van der Waals surface area contributed by atoms with Crippen molar-refractivity contribution in [3.05, 3.63) is 29.8 Å². The van der Waals surface area contributed by atoms with Gasteiger partial charge in [0.05, 0.1) is 18.0 Å². The number of nitrogens with zero attached hydrogens (tertiary/aromatic N) is 2. The molecule has 1 saturated carbocycles. The predicted molar refractivity (Wildman–Crippen MR) is 115 cm³/mol. The smallest absolute Gasteiger partial charge is 0.231 e. The van der Waals surface area contributed by atoms with Gasteiger partial charge < -0.3 is 15.8 Å². The van der Waals surface area contributed by atoms with Crippen LogP contribution in [0.5, 0.6) is 5.75 Å². The number of carbonyl (C=O) groups is 2. The van der Waals surface area contributed by atoms with Crippen molar-refractivity contribution in [1.82, 2.24) is 10.2 Å². The van der Waals surface area contributed by atoms with Crippen molar-refractivity contribution >= 4 is 17.8 Å².